The summed E-state index contributed by atoms with van der Waals surface area (Å²) < 4.78 is 10.7. The molecule has 15 heavy (non-hydrogen) atoms. The third-order valence-electron chi connectivity index (χ3n) is 2.03. The molecule has 78 valence electrons. The predicted molar refractivity (Wildman–Crippen MR) is 57.4 cm³/mol. The molecule has 2 aromatic rings. The van der Waals surface area contributed by atoms with Gasteiger partial charge in [0, 0.05) is 0 Å². The molecule has 0 saturated carbocycles. The molecule has 2 rings (SSSR count). The van der Waals surface area contributed by atoms with Crippen molar-refractivity contribution in [3.8, 4) is 5.75 Å². The molecule has 0 fully saturated rings. The van der Waals surface area contributed by atoms with Gasteiger partial charge >= 0.3 is 5.97 Å². The van der Waals surface area contributed by atoms with E-state index in [9.17, 15) is 4.79 Å². The largest absolute Gasteiger partial charge is 0.496 e. The van der Waals surface area contributed by atoms with Crippen LogP contribution in [0.25, 0.3) is 11.0 Å². The van der Waals surface area contributed by atoms with Crippen molar-refractivity contribution in [2.75, 3.05) is 7.11 Å². The van der Waals surface area contributed by atoms with E-state index in [1.165, 1.54) is 7.11 Å². The highest BCUT2D eigenvalue weighted by Crippen LogP contribution is 2.36. The molecule has 1 aromatic heterocycles. The fraction of sp³-hybridized carbons (Fsp3) is 0.100. The molecule has 1 heterocycles. The average molecular weight is 271 g/mol. The number of carboxylic acid groups (broad SMARTS) is 1. The minimum absolute atomic E-state index is 0.116. The Balaban J connectivity index is 2.82. The molecule has 0 radical (unpaired) electrons. The maximum atomic E-state index is 10.8. The number of carboxylic acids is 1. The zero-order chi connectivity index (χ0) is 11.0. The van der Waals surface area contributed by atoms with Crippen molar-refractivity contribution in [1.82, 2.24) is 0 Å². The van der Waals surface area contributed by atoms with Crippen LogP contribution >= 0.6 is 15.9 Å². The smallest absolute Gasteiger partial charge is 0.373 e. The molecule has 0 aliphatic carbocycles. The molecule has 4 nitrogen and oxygen atoms in total. The number of rotatable bonds is 2. The molecule has 0 amide bonds. The van der Waals surface area contributed by atoms with Crippen LogP contribution in [0.3, 0.4) is 0 Å². The van der Waals surface area contributed by atoms with Crippen molar-refractivity contribution in [3.63, 3.8) is 0 Å². The van der Waals surface area contributed by atoms with Crippen molar-refractivity contribution in [2.45, 2.75) is 0 Å². The van der Waals surface area contributed by atoms with Gasteiger partial charge in [0.25, 0.3) is 0 Å². The van der Waals surface area contributed by atoms with Gasteiger partial charge in [0.15, 0.2) is 0 Å². The second-order valence-electron chi connectivity index (χ2n) is 2.88. The molecule has 1 aromatic carbocycles. The zero-order valence-corrected chi connectivity index (χ0v) is 9.37. The summed E-state index contributed by atoms with van der Waals surface area (Å²) >= 11 is 3.19. The van der Waals surface area contributed by atoms with E-state index < -0.39 is 5.97 Å². The standard InChI is InChI=1S/C10H7BrO4/c1-14-5-3-2-4-6-7(5)8(11)9(15-6)10(12)13/h2-4H,1H3,(H,12,13). The minimum atomic E-state index is -1.11. The zero-order valence-electron chi connectivity index (χ0n) is 7.78. The van der Waals surface area contributed by atoms with Gasteiger partial charge in [0.05, 0.1) is 17.0 Å². The highest BCUT2D eigenvalue weighted by molar-refractivity contribution is 9.10. The molecule has 0 unspecified atom stereocenters. The Kier molecular flexibility index (Phi) is 2.40. The van der Waals surface area contributed by atoms with Crippen LogP contribution in [0.15, 0.2) is 27.1 Å². The maximum absolute atomic E-state index is 10.8. The summed E-state index contributed by atoms with van der Waals surface area (Å²) in [5.41, 5.74) is 0.485. The van der Waals surface area contributed by atoms with E-state index in [1.54, 1.807) is 18.2 Å². The highest BCUT2D eigenvalue weighted by atomic mass is 79.9. The number of benzene rings is 1. The third-order valence-corrected chi connectivity index (χ3v) is 2.79. The van der Waals surface area contributed by atoms with Gasteiger partial charge in [-0.3, -0.25) is 0 Å². The topological polar surface area (TPSA) is 59.7 Å². The van der Waals surface area contributed by atoms with Crippen molar-refractivity contribution in [3.05, 3.63) is 28.4 Å². The monoisotopic (exact) mass is 270 g/mol. The number of ether oxygens (including phenoxy) is 1. The third kappa shape index (κ3) is 1.48. The molecule has 1 N–H and O–H groups in total. The first kappa shape index (κ1) is 10.0. The number of halogens is 1. The molecular weight excluding hydrogens is 264 g/mol. The first-order valence-electron chi connectivity index (χ1n) is 4.13. The summed E-state index contributed by atoms with van der Waals surface area (Å²) in [6, 6.07) is 5.17. The molecule has 0 aliphatic rings. The Bertz CT molecular complexity index is 529. The Labute approximate surface area is 93.6 Å². The summed E-state index contributed by atoms with van der Waals surface area (Å²) in [6.07, 6.45) is 0. The average Bonchev–Trinajstić information content (AvgIpc) is 2.56. The Hall–Kier alpha value is -1.49. The quantitative estimate of drug-likeness (QED) is 0.912. The number of fused-ring (bicyclic) bond motifs is 1. The second-order valence-corrected chi connectivity index (χ2v) is 3.68. The van der Waals surface area contributed by atoms with Crippen LogP contribution in [-0.4, -0.2) is 18.2 Å². The Morgan fingerprint density at radius 1 is 1.53 bits per heavy atom. The number of aromatic carboxylic acids is 1. The molecular formula is C10H7BrO4. The maximum Gasteiger partial charge on any atom is 0.373 e. The van der Waals surface area contributed by atoms with Gasteiger partial charge in [-0.15, -0.1) is 0 Å². The van der Waals surface area contributed by atoms with Gasteiger partial charge in [-0.25, -0.2) is 4.79 Å². The number of furan rings is 1. The van der Waals surface area contributed by atoms with E-state index in [4.69, 9.17) is 14.3 Å². The van der Waals surface area contributed by atoms with Crippen molar-refractivity contribution < 1.29 is 19.1 Å². The molecule has 0 saturated heterocycles. The molecule has 5 heteroatoms. The van der Waals surface area contributed by atoms with Gasteiger partial charge in [-0.1, -0.05) is 6.07 Å². The lowest BCUT2D eigenvalue weighted by molar-refractivity contribution is 0.0663. The van der Waals surface area contributed by atoms with Crippen molar-refractivity contribution >= 4 is 32.9 Å². The van der Waals surface area contributed by atoms with E-state index in [0.29, 0.717) is 21.2 Å². The Morgan fingerprint density at radius 2 is 2.27 bits per heavy atom. The summed E-state index contributed by atoms with van der Waals surface area (Å²) in [7, 11) is 1.52. The minimum Gasteiger partial charge on any atom is -0.496 e. The van der Waals surface area contributed by atoms with Gasteiger partial charge in [0.1, 0.15) is 11.3 Å². The number of hydrogen-bond acceptors (Lipinski definition) is 3. The summed E-state index contributed by atoms with van der Waals surface area (Å²) in [4.78, 5) is 10.8. The first-order chi connectivity index (χ1) is 7.15. The molecule has 0 bridgehead atoms. The van der Waals surface area contributed by atoms with Crippen LogP contribution in [-0.2, 0) is 0 Å². The lowest BCUT2D eigenvalue weighted by atomic mass is 10.2. The number of carbonyl (C=O) groups is 1. The Morgan fingerprint density at radius 3 is 2.87 bits per heavy atom. The molecule has 0 spiro atoms. The van der Waals surface area contributed by atoms with E-state index in [0.717, 1.165) is 0 Å². The summed E-state index contributed by atoms with van der Waals surface area (Å²) in [5, 5.41) is 9.50. The van der Waals surface area contributed by atoms with Crippen LogP contribution in [0.1, 0.15) is 10.6 Å². The second kappa shape index (κ2) is 3.58. The predicted octanol–water partition coefficient (Wildman–Crippen LogP) is 2.90. The van der Waals surface area contributed by atoms with E-state index in [1.807, 2.05) is 0 Å². The van der Waals surface area contributed by atoms with Crippen molar-refractivity contribution in [1.29, 1.82) is 0 Å². The first-order valence-corrected chi connectivity index (χ1v) is 4.92. The van der Waals surface area contributed by atoms with Crippen LogP contribution in [0.4, 0.5) is 0 Å². The lowest BCUT2D eigenvalue weighted by Gasteiger charge is -1.99. The van der Waals surface area contributed by atoms with E-state index in [-0.39, 0.29) is 5.76 Å². The number of hydrogen-bond donors (Lipinski definition) is 1. The van der Waals surface area contributed by atoms with Gasteiger partial charge in [0.2, 0.25) is 5.76 Å². The highest BCUT2D eigenvalue weighted by Gasteiger charge is 2.20. The molecule has 0 atom stereocenters. The van der Waals surface area contributed by atoms with Crippen LogP contribution < -0.4 is 4.74 Å². The fourth-order valence-corrected chi connectivity index (χ4v) is 2.03. The summed E-state index contributed by atoms with van der Waals surface area (Å²) in [6.45, 7) is 0. The van der Waals surface area contributed by atoms with Crippen LogP contribution in [0.2, 0.25) is 0 Å². The summed E-state index contributed by atoms with van der Waals surface area (Å²) in [5.74, 6) is -0.648. The van der Waals surface area contributed by atoms with Crippen LogP contribution in [0.5, 0.6) is 5.75 Å². The van der Waals surface area contributed by atoms with E-state index in [2.05, 4.69) is 15.9 Å². The molecule has 0 aliphatic heterocycles. The van der Waals surface area contributed by atoms with Gasteiger partial charge in [-0.05, 0) is 28.1 Å². The fourth-order valence-electron chi connectivity index (χ4n) is 1.39. The lowest BCUT2D eigenvalue weighted by Crippen LogP contribution is -1.93. The van der Waals surface area contributed by atoms with E-state index >= 15 is 0 Å². The van der Waals surface area contributed by atoms with Gasteiger partial charge in [-0.2, -0.15) is 0 Å². The SMILES string of the molecule is COc1cccc2oc(C(=O)O)c(Br)c12. The normalized spacial score (nSPS) is 10.5. The van der Waals surface area contributed by atoms with Crippen molar-refractivity contribution in [2.24, 2.45) is 0 Å². The number of methoxy groups -OCH3 is 1. The van der Waals surface area contributed by atoms with Crippen LogP contribution in [0, 0.1) is 0 Å². The van der Waals surface area contributed by atoms with Gasteiger partial charge < -0.3 is 14.3 Å².